The molecule has 5 aliphatic rings. The number of carbonyl (C=O) groups is 8. The molecule has 5 fully saturated rings. The summed E-state index contributed by atoms with van der Waals surface area (Å²) in [5, 5.41) is 20.0. The number of nitrogens with zero attached hydrogens (tertiary/aromatic N) is 9. The van der Waals surface area contributed by atoms with Gasteiger partial charge in [-0.3, -0.25) is 14.9 Å². The second-order valence-corrected chi connectivity index (χ2v) is 37.6. The molecule has 4 aromatic heterocycles. The number of carboxylic acid groups (broad SMARTS) is 1. The SMILES string of the molecule is CC.CC(=O)Nc1cccc(C2CCCN(C(=O)OC(C)(C)C)C2)c1.CC(=O)Nc1cccc(C2CCCN(c3ncnc4[nH]ccc34)C2)c1.CC(C)(C)OC(=O)N1CCCC(c2cccc(C(=O)O)c2)C1.CC(C)(C)OC(=O)N1CCCC(c2cccc(N)c2)C1.CC(C)(C)OC(=O)N1CCCC(c2cccc(NC(=O)OCc3ccccc3)c2)C1.Clc1ncnc2[nH]ccc12. The third-order valence-electron chi connectivity index (χ3n) is 21.8. The quantitative estimate of drug-likeness (QED) is 0.0339. The van der Waals surface area contributed by atoms with Gasteiger partial charge in [-0.2, -0.15) is 0 Å². The van der Waals surface area contributed by atoms with Crippen LogP contribution in [0.4, 0.5) is 52.5 Å². The van der Waals surface area contributed by atoms with Gasteiger partial charge in [0.25, 0.3) is 0 Å². The second-order valence-electron chi connectivity index (χ2n) is 37.2. The third kappa shape index (κ3) is 33.9. The lowest BCUT2D eigenvalue weighted by Crippen LogP contribution is -2.42. The van der Waals surface area contributed by atoms with E-state index in [1.54, 1.807) is 45.4 Å². The van der Waals surface area contributed by atoms with Gasteiger partial charge in [-0.25, -0.2) is 48.7 Å². The number of nitrogens with one attached hydrogen (secondary N) is 5. The predicted molar refractivity (Wildman–Crippen MR) is 520 cm³/mol. The van der Waals surface area contributed by atoms with Crippen molar-refractivity contribution < 1.29 is 67.1 Å². The highest BCUT2D eigenvalue weighted by Gasteiger charge is 2.34. The van der Waals surface area contributed by atoms with E-state index < -0.39 is 34.5 Å². The van der Waals surface area contributed by atoms with Crippen LogP contribution < -0.4 is 26.6 Å². The van der Waals surface area contributed by atoms with Crippen LogP contribution in [0.3, 0.4) is 0 Å². The Kier molecular flexibility index (Phi) is 38.1. The molecule has 5 aliphatic heterocycles. The Hall–Kier alpha value is -12.8. The number of aromatic carboxylic acids is 1. The highest BCUT2D eigenvalue weighted by atomic mass is 35.5. The smallest absolute Gasteiger partial charge is 0.411 e. The first-order valence-electron chi connectivity index (χ1n) is 45.6. The number of nitrogens with two attached hydrogens (primary N) is 1. The fraction of sp³-hybridized carbons (Fsp3) is 0.451. The average Bonchev–Trinajstić information content (AvgIpc) is 1.54. The Bertz CT molecular complexity index is 5430. The number of anilines is 5. The minimum absolute atomic E-state index is 0.0433. The van der Waals surface area contributed by atoms with Crippen molar-refractivity contribution in [2.24, 2.45) is 0 Å². The number of hydrogen-bond acceptors (Lipinski definition) is 19. The maximum Gasteiger partial charge on any atom is 0.411 e. The van der Waals surface area contributed by atoms with E-state index in [1.165, 1.54) is 31.3 Å². The standard InChI is InChI=1S/C24H30N2O4.C19H21N5O.C18H26N2O3.C17H23NO4.C16H24N2O2.C6H4ClN3.C2H6/c1-24(2,3)30-23(28)26-14-8-12-20(16-26)19-11-7-13-21(15-19)25-22(27)29-17-18-9-5-4-6-10-18;1-13(25)23-16-6-2-4-14(10-16)15-5-3-9-24(11-15)19-17-7-8-20-18(17)21-12-22-19;1-13(21)19-16-9-5-7-14(11-16)15-8-6-10-20(12-15)17(22)23-18(2,3)4;1-17(2,3)22-16(21)18-9-5-8-14(11-18)12-6-4-7-13(10-12)15(19)20;1-16(2,3)20-15(19)18-9-5-7-13(11-18)12-6-4-8-14(17)10-12;7-5-4-1-2-8-6(4)10-3-9-5;1-2/h4-7,9-11,13,15,20H,8,12,14,16-17H2,1-3H3,(H,25,27);2,4,6-8,10,12,15H,3,5,9,11H2,1H3,(H,23,25)(H,20,21,22);5,7,9,11,15H,6,8,10,12H2,1-4H3,(H,19,21);4,6-7,10,14H,5,8-9,11H2,1-3H3,(H,19,20);4,6,8,10,13H,5,7,9,11,17H2,1-3H3;1-3H,(H,8,9,10);1-2H3. The molecule has 5 saturated heterocycles. The molecule has 15 rings (SSSR count). The van der Waals surface area contributed by atoms with Gasteiger partial charge >= 0.3 is 36.4 Å². The number of amides is 7. The summed E-state index contributed by atoms with van der Waals surface area (Å²) in [4.78, 5) is 127. The number of rotatable bonds is 12. The number of carboxylic acids is 1. The number of nitrogen functional groups attached to an aromatic ring is 1. The van der Waals surface area contributed by atoms with Crippen LogP contribution in [0.25, 0.3) is 22.1 Å². The summed E-state index contributed by atoms with van der Waals surface area (Å²) >= 11 is 5.73. The molecular formula is C102H134ClN15O14. The molecule has 0 aliphatic carbocycles. The average molecular weight is 1830 g/mol. The highest BCUT2D eigenvalue weighted by molar-refractivity contribution is 6.33. The number of hydrogen-bond donors (Lipinski definition) is 7. The van der Waals surface area contributed by atoms with E-state index in [-0.39, 0.29) is 66.1 Å². The summed E-state index contributed by atoms with van der Waals surface area (Å²) in [6.45, 7) is 37.1. The van der Waals surface area contributed by atoms with Gasteiger partial charge in [-0.1, -0.05) is 116 Å². The van der Waals surface area contributed by atoms with Gasteiger partial charge in [-0.05, 0) is 253 Å². The van der Waals surface area contributed by atoms with Gasteiger partial charge in [0, 0.05) is 144 Å². The van der Waals surface area contributed by atoms with E-state index in [4.69, 9.17) is 46.1 Å². The highest BCUT2D eigenvalue weighted by Crippen LogP contribution is 2.37. The van der Waals surface area contributed by atoms with Gasteiger partial charge < -0.3 is 79.6 Å². The second kappa shape index (κ2) is 48.9. The van der Waals surface area contributed by atoms with Gasteiger partial charge in [-0.15, -0.1) is 0 Å². The van der Waals surface area contributed by atoms with Crippen molar-refractivity contribution in [1.82, 2.24) is 49.5 Å². The summed E-state index contributed by atoms with van der Waals surface area (Å²) in [5.74, 6) is 1.33. The van der Waals surface area contributed by atoms with Crippen LogP contribution >= 0.6 is 11.6 Å². The van der Waals surface area contributed by atoms with Crippen molar-refractivity contribution in [3.63, 3.8) is 0 Å². The molecule has 10 aromatic rings. The number of aromatic nitrogens is 6. The van der Waals surface area contributed by atoms with Crippen LogP contribution in [-0.4, -0.2) is 191 Å². The topological polar surface area (TPSA) is 364 Å². The Morgan fingerprint density at radius 2 is 0.780 bits per heavy atom. The van der Waals surface area contributed by atoms with Gasteiger partial charge in [0.15, 0.2) is 0 Å². The molecule has 0 spiro atoms. The number of H-pyrrole nitrogens is 2. The molecule has 30 heteroatoms. The summed E-state index contributed by atoms with van der Waals surface area (Å²) in [7, 11) is 0. The molecule has 6 aromatic carbocycles. The fourth-order valence-electron chi connectivity index (χ4n) is 16.0. The van der Waals surface area contributed by atoms with E-state index in [1.807, 2.05) is 229 Å². The molecule has 0 radical (unpaired) electrons. The maximum atomic E-state index is 12.4. The molecule has 5 atom stereocenters. The zero-order valence-corrected chi connectivity index (χ0v) is 80.1. The number of halogens is 1. The molecule has 5 unspecified atom stereocenters. The maximum absolute atomic E-state index is 12.4. The van der Waals surface area contributed by atoms with Crippen molar-refractivity contribution >= 4 is 110 Å². The van der Waals surface area contributed by atoms with Crippen molar-refractivity contribution in [2.45, 2.75) is 234 Å². The zero-order chi connectivity index (χ0) is 95.9. The lowest BCUT2D eigenvalue weighted by Gasteiger charge is -2.34. The van der Waals surface area contributed by atoms with Gasteiger partial charge in [0.2, 0.25) is 11.8 Å². The van der Waals surface area contributed by atoms with E-state index in [2.05, 4.69) is 75.0 Å². The minimum atomic E-state index is -0.929. The monoisotopic (exact) mass is 1830 g/mol. The molecule has 9 heterocycles. The Balaban J connectivity index is 0.000000181. The molecule has 29 nitrogen and oxygen atoms in total. The van der Waals surface area contributed by atoms with E-state index >= 15 is 0 Å². The molecule has 708 valence electrons. The van der Waals surface area contributed by atoms with Crippen LogP contribution in [-0.2, 0) is 39.9 Å². The predicted octanol–water partition coefficient (Wildman–Crippen LogP) is 22.1. The molecule has 7 amide bonds. The number of carbonyl (C=O) groups excluding carboxylic acids is 7. The third-order valence-corrected chi connectivity index (χ3v) is 22.1. The van der Waals surface area contributed by atoms with Gasteiger partial charge in [0.05, 0.1) is 16.3 Å². The number of fused-ring (bicyclic) bond motifs is 2. The molecule has 0 bridgehead atoms. The normalized spacial score (nSPS) is 17.3. The molecule has 132 heavy (non-hydrogen) atoms. The van der Waals surface area contributed by atoms with Crippen LogP contribution in [0, 0.1) is 0 Å². The van der Waals surface area contributed by atoms with Crippen LogP contribution in [0.1, 0.15) is 248 Å². The Morgan fingerprint density at radius 3 is 1.17 bits per heavy atom. The molecule has 0 saturated carbocycles. The lowest BCUT2D eigenvalue weighted by atomic mass is 9.90. The summed E-state index contributed by atoms with van der Waals surface area (Å²) in [6.07, 6.45) is 15.3. The van der Waals surface area contributed by atoms with Gasteiger partial charge in [0.1, 0.15) is 63.9 Å². The first-order valence-corrected chi connectivity index (χ1v) is 46.0. The summed E-state index contributed by atoms with van der Waals surface area (Å²) < 4.78 is 27.1. The van der Waals surface area contributed by atoms with E-state index in [0.29, 0.717) is 61.9 Å². The van der Waals surface area contributed by atoms with Crippen molar-refractivity contribution in [1.29, 1.82) is 0 Å². The molecular weight excluding hydrogens is 1690 g/mol. The first-order chi connectivity index (χ1) is 62.7. The summed E-state index contributed by atoms with van der Waals surface area (Å²) in [5.41, 5.74) is 15.5. The van der Waals surface area contributed by atoms with Crippen LogP contribution in [0.15, 0.2) is 189 Å². The number of likely N-dealkylation sites (tertiary alicyclic amines) is 4. The Morgan fingerprint density at radius 1 is 0.424 bits per heavy atom. The number of benzene rings is 6. The zero-order valence-electron chi connectivity index (χ0n) is 79.4. The van der Waals surface area contributed by atoms with E-state index in [0.717, 1.165) is 158 Å². The van der Waals surface area contributed by atoms with Crippen LogP contribution in [0.5, 0.6) is 0 Å². The first kappa shape index (κ1) is 103. The molecule has 8 N–H and O–H groups in total. The van der Waals surface area contributed by atoms with Crippen molar-refractivity contribution in [2.75, 3.05) is 92.0 Å². The number of aromatic amines is 2. The van der Waals surface area contributed by atoms with E-state index in [9.17, 15) is 38.4 Å². The van der Waals surface area contributed by atoms with Crippen LogP contribution in [0.2, 0.25) is 5.15 Å². The van der Waals surface area contributed by atoms with Crippen molar-refractivity contribution in [3.8, 4) is 0 Å². The number of ether oxygens (including phenoxy) is 5. The summed E-state index contributed by atoms with van der Waals surface area (Å²) in [6, 6.07) is 52.1. The Labute approximate surface area is 781 Å². The number of piperidine rings is 5. The minimum Gasteiger partial charge on any atom is -0.478 e. The largest absolute Gasteiger partial charge is 0.478 e. The lowest BCUT2D eigenvalue weighted by molar-refractivity contribution is -0.115. The fourth-order valence-corrected chi connectivity index (χ4v) is 16.2. The van der Waals surface area contributed by atoms with Crippen molar-refractivity contribution in [3.05, 3.63) is 233 Å².